The summed E-state index contributed by atoms with van der Waals surface area (Å²) in [5, 5.41) is 54.4. The zero-order valence-electron chi connectivity index (χ0n) is 18.6. The van der Waals surface area contributed by atoms with Crippen LogP contribution >= 0.6 is 0 Å². The fraction of sp³-hybridized carbons (Fsp3) is 0.778. The smallest absolute Gasteiger partial charge is 0.320 e. The Morgan fingerprint density at radius 3 is 2.00 bits per heavy atom. The van der Waals surface area contributed by atoms with Crippen molar-refractivity contribution in [1.82, 2.24) is 0 Å². The lowest BCUT2D eigenvalue weighted by molar-refractivity contribution is -0.349. The van der Waals surface area contributed by atoms with Crippen LogP contribution in [0.3, 0.4) is 0 Å². The predicted octanol–water partition coefficient (Wildman–Crippen LogP) is -1.35. The Kier molecular flexibility index (Phi) is 23.7. The van der Waals surface area contributed by atoms with Crippen LogP contribution in [0.1, 0.15) is 40.0 Å². The number of aliphatic carboxylic acids is 1. The molecule has 0 aromatic carbocycles. The number of hydrogen-bond acceptors (Lipinski definition) is 13. The highest BCUT2D eigenvalue weighted by molar-refractivity contribution is 5.72. The Bertz CT molecular complexity index is 511. The van der Waals surface area contributed by atoms with Crippen molar-refractivity contribution in [3.8, 4) is 0 Å². The second kappa shape index (κ2) is 22.0. The van der Waals surface area contributed by atoms with Gasteiger partial charge >= 0.3 is 11.9 Å². The average molecular weight is 472 g/mol. The van der Waals surface area contributed by atoms with Crippen LogP contribution in [0.25, 0.3) is 0 Å². The fourth-order valence-electron chi connectivity index (χ4n) is 2.00. The van der Waals surface area contributed by atoms with E-state index in [0.717, 1.165) is 19.8 Å². The van der Waals surface area contributed by atoms with E-state index in [4.69, 9.17) is 25.9 Å². The van der Waals surface area contributed by atoms with E-state index in [2.05, 4.69) is 33.1 Å². The van der Waals surface area contributed by atoms with Crippen molar-refractivity contribution in [3.63, 3.8) is 0 Å². The van der Waals surface area contributed by atoms with Gasteiger partial charge in [-0.3, -0.25) is 9.59 Å². The summed E-state index contributed by atoms with van der Waals surface area (Å²) >= 11 is 0. The van der Waals surface area contributed by atoms with Gasteiger partial charge in [-0.05, 0) is 26.0 Å². The molecular formula is C18H37N3O11. The van der Waals surface area contributed by atoms with Crippen LogP contribution in [0.4, 0.5) is 0 Å². The molecule has 1 aliphatic rings. The van der Waals surface area contributed by atoms with Gasteiger partial charge in [0.2, 0.25) is 6.29 Å². The first-order valence-corrected chi connectivity index (χ1v) is 9.67. The highest BCUT2D eigenvalue weighted by atomic mass is 16.8. The van der Waals surface area contributed by atoms with Gasteiger partial charge in [-0.15, -0.1) is 5.16 Å². The van der Waals surface area contributed by atoms with Crippen LogP contribution in [0, 0.1) is 0 Å². The number of aliphatic hydroxyl groups excluding tert-OH is 4. The summed E-state index contributed by atoms with van der Waals surface area (Å²) in [7, 11) is 0. The standard InChI is InChI=1S/C8H14O8.C7H14N2O2.C2H6.CH3NO/c1-3(10)15-8-6(13)4(11)5(12)7(16-8)14-2-9;1-9-5-3-2-4-6(8)7(10)11;1-2;1-2-3/h4-9,11-13H,2H2,1H3;6H,1-5,8H2,(H,10,11);1-2H3;3H,1H2/t4-,5-,6?,7?,8+;;;/m0.../s1. The molecule has 0 aromatic rings. The van der Waals surface area contributed by atoms with Gasteiger partial charge in [0.15, 0.2) is 6.29 Å². The molecule has 0 amide bonds. The van der Waals surface area contributed by atoms with E-state index in [9.17, 15) is 24.9 Å². The molecular weight excluding hydrogens is 434 g/mol. The van der Waals surface area contributed by atoms with Crippen molar-refractivity contribution in [3.05, 3.63) is 0 Å². The number of carbonyl (C=O) groups excluding carboxylic acids is 1. The maximum atomic E-state index is 10.7. The van der Waals surface area contributed by atoms with Crippen LogP contribution in [-0.2, 0) is 23.8 Å². The third-order valence-electron chi connectivity index (χ3n) is 3.45. The summed E-state index contributed by atoms with van der Waals surface area (Å²) in [4.78, 5) is 24.5. The number of hydrogen-bond donors (Lipinski definition) is 7. The van der Waals surface area contributed by atoms with Gasteiger partial charge in [0.1, 0.15) is 31.1 Å². The number of carbonyl (C=O) groups is 2. The Morgan fingerprint density at radius 2 is 1.59 bits per heavy atom. The molecule has 1 aliphatic heterocycles. The minimum atomic E-state index is -1.60. The molecule has 8 N–H and O–H groups in total. The molecule has 1 fully saturated rings. The van der Waals surface area contributed by atoms with Gasteiger partial charge in [0, 0.05) is 20.2 Å². The van der Waals surface area contributed by atoms with Crippen LogP contribution < -0.4 is 5.73 Å². The van der Waals surface area contributed by atoms with E-state index in [1.807, 2.05) is 13.8 Å². The van der Waals surface area contributed by atoms with Crippen molar-refractivity contribution in [2.24, 2.45) is 15.9 Å². The minimum Gasteiger partial charge on any atom is -0.480 e. The third kappa shape index (κ3) is 16.5. The quantitative estimate of drug-likeness (QED) is 0.0516. The molecule has 0 spiro atoms. The van der Waals surface area contributed by atoms with Crippen molar-refractivity contribution in [1.29, 1.82) is 0 Å². The van der Waals surface area contributed by atoms with E-state index >= 15 is 0 Å². The number of rotatable bonds is 9. The van der Waals surface area contributed by atoms with Crippen molar-refractivity contribution in [2.45, 2.75) is 77.0 Å². The van der Waals surface area contributed by atoms with Crippen molar-refractivity contribution >= 4 is 25.4 Å². The Hall–Kier alpha value is -2.20. The molecule has 0 aliphatic carbocycles. The maximum Gasteiger partial charge on any atom is 0.320 e. The van der Waals surface area contributed by atoms with E-state index in [-0.39, 0.29) is 0 Å². The zero-order valence-corrected chi connectivity index (χ0v) is 18.6. The van der Waals surface area contributed by atoms with Crippen LogP contribution in [0.2, 0.25) is 0 Å². The second-order valence-corrected chi connectivity index (χ2v) is 5.78. The van der Waals surface area contributed by atoms with Gasteiger partial charge in [-0.2, -0.15) is 0 Å². The summed E-state index contributed by atoms with van der Waals surface area (Å²) in [5.74, 6) is -1.66. The number of esters is 1. The molecule has 3 unspecified atom stereocenters. The SMILES string of the molecule is C=NCCCCC(N)C(=O)O.C=NO.CC.CC(=O)O[C@@H]1OC(OCO)[C@@H](O)[C@H](O)C1O. The van der Waals surface area contributed by atoms with E-state index in [1.165, 1.54) is 0 Å². The van der Waals surface area contributed by atoms with Crippen LogP contribution in [0.5, 0.6) is 0 Å². The molecule has 0 radical (unpaired) electrons. The Labute approximate surface area is 186 Å². The summed E-state index contributed by atoms with van der Waals surface area (Å²) in [6.45, 7) is 11.0. The summed E-state index contributed by atoms with van der Waals surface area (Å²) < 4.78 is 13.9. The highest BCUT2D eigenvalue weighted by Crippen LogP contribution is 2.22. The predicted molar refractivity (Wildman–Crippen MR) is 113 cm³/mol. The minimum absolute atomic E-state index is 0.519. The lowest BCUT2D eigenvalue weighted by Gasteiger charge is -2.38. The molecule has 14 nitrogen and oxygen atoms in total. The maximum absolute atomic E-state index is 10.7. The number of carboxylic acids is 1. The molecule has 1 heterocycles. The van der Waals surface area contributed by atoms with E-state index in [0.29, 0.717) is 13.0 Å². The number of aliphatic imine (C=N–C) groups is 1. The molecule has 6 atom stereocenters. The molecule has 1 saturated heterocycles. The van der Waals surface area contributed by atoms with Crippen LogP contribution in [0.15, 0.2) is 10.1 Å². The normalized spacial score (nSPS) is 24.6. The van der Waals surface area contributed by atoms with Gasteiger partial charge < -0.3 is 55.7 Å². The number of nitrogens with zero attached hydrogens (tertiary/aromatic N) is 2. The molecule has 0 saturated carbocycles. The summed E-state index contributed by atoms with van der Waals surface area (Å²) in [5.41, 5.74) is 5.25. The van der Waals surface area contributed by atoms with E-state index in [1.54, 1.807) is 0 Å². The number of carboxylic acid groups (broad SMARTS) is 1. The summed E-state index contributed by atoms with van der Waals surface area (Å²) in [6.07, 6.45) is -5.39. The fourth-order valence-corrected chi connectivity index (χ4v) is 2.00. The topological polar surface area (TPSA) is 234 Å². The number of ether oxygens (including phenoxy) is 3. The molecule has 0 bridgehead atoms. The van der Waals surface area contributed by atoms with E-state index < -0.39 is 55.7 Å². The lowest BCUT2D eigenvalue weighted by atomic mass is 10.0. The second-order valence-electron chi connectivity index (χ2n) is 5.78. The average Bonchev–Trinajstić information content (AvgIpc) is 2.75. The Balaban J connectivity index is -0.000000458. The van der Waals surface area contributed by atoms with Gasteiger partial charge in [-0.25, -0.2) is 0 Å². The number of oxime groups is 1. The largest absolute Gasteiger partial charge is 0.480 e. The number of aliphatic hydroxyl groups is 4. The van der Waals surface area contributed by atoms with Gasteiger partial charge in [0.05, 0.1) is 0 Å². The lowest BCUT2D eigenvalue weighted by Crippen LogP contribution is -2.59. The van der Waals surface area contributed by atoms with Crippen molar-refractivity contribution in [2.75, 3.05) is 13.3 Å². The first-order valence-electron chi connectivity index (χ1n) is 9.67. The molecule has 32 heavy (non-hydrogen) atoms. The van der Waals surface area contributed by atoms with Crippen LogP contribution in [-0.4, -0.2) is 106 Å². The Morgan fingerprint density at radius 1 is 1.09 bits per heavy atom. The number of nitrogens with two attached hydrogens (primary N) is 1. The first-order chi connectivity index (χ1) is 15.1. The zero-order chi connectivity index (χ0) is 25.7. The monoisotopic (exact) mass is 471 g/mol. The molecule has 14 heteroatoms. The number of unbranched alkanes of at least 4 members (excludes halogenated alkanes) is 1. The highest BCUT2D eigenvalue weighted by Gasteiger charge is 2.45. The molecule has 190 valence electrons. The van der Waals surface area contributed by atoms with Crippen molar-refractivity contribution < 1.29 is 54.5 Å². The molecule has 1 rings (SSSR count). The third-order valence-corrected chi connectivity index (χ3v) is 3.45. The van der Waals surface area contributed by atoms with Gasteiger partial charge in [0.25, 0.3) is 0 Å². The first kappa shape index (κ1) is 34.4. The molecule has 0 aromatic heterocycles. The van der Waals surface area contributed by atoms with Gasteiger partial charge in [-0.1, -0.05) is 13.8 Å². The summed E-state index contributed by atoms with van der Waals surface area (Å²) in [6, 6.07) is -0.722.